The Morgan fingerprint density at radius 3 is 2.79 bits per heavy atom. The smallest absolute Gasteiger partial charge is 0.263 e. The van der Waals surface area contributed by atoms with Crippen LogP contribution in [0.4, 0.5) is 14.5 Å². The van der Waals surface area contributed by atoms with Crippen LogP contribution in [0.25, 0.3) is 0 Å². The zero-order chi connectivity index (χ0) is 19.7. The first-order valence-corrected chi connectivity index (χ1v) is 9.09. The number of nitrogens with zero attached hydrogens (tertiary/aromatic N) is 2. The molecule has 0 N–H and O–H groups in total. The number of carbonyl (C=O) groups is 1. The number of benzene rings is 2. The first kappa shape index (κ1) is 18.4. The van der Waals surface area contributed by atoms with Crippen molar-refractivity contribution >= 4 is 23.2 Å². The van der Waals surface area contributed by atoms with Crippen LogP contribution in [-0.4, -0.2) is 17.4 Å². The van der Waals surface area contributed by atoms with Crippen LogP contribution in [-0.2, 0) is 6.42 Å². The number of anilines is 1. The van der Waals surface area contributed by atoms with Crippen LogP contribution < -0.4 is 9.64 Å². The monoisotopic (exact) mass is 400 g/mol. The molecule has 4 rings (SSSR count). The highest BCUT2D eigenvalue weighted by molar-refractivity contribution is 6.30. The zero-order valence-corrected chi connectivity index (χ0v) is 15.4. The summed E-state index contributed by atoms with van der Waals surface area (Å²) in [6.45, 7) is 0.508. The Kier molecular flexibility index (Phi) is 4.96. The Labute approximate surface area is 165 Å². The van der Waals surface area contributed by atoms with Gasteiger partial charge in [-0.25, -0.2) is 13.8 Å². The molecule has 0 saturated carbocycles. The topological polar surface area (TPSA) is 42.4 Å². The molecule has 0 fully saturated rings. The summed E-state index contributed by atoms with van der Waals surface area (Å²) in [5.41, 5.74) is 1.83. The fourth-order valence-corrected chi connectivity index (χ4v) is 3.37. The molecule has 7 heteroatoms. The van der Waals surface area contributed by atoms with Crippen molar-refractivity contribution in [3.63, 3.8) is 0 Å². The van der Waals surface area contributed by atoms with E-state index < -0.39 is 17.5 Å². The molecule has 0 atom stereocenters. The molecule has 142 valence electrons. The van der Waals surface area contributed by atoms with E-state index >= 15 is 0 Å². The number of aromatic nitrogens is 1. The summed E-state index contributed by atoms with van der Waals surface area (Å²) in [6, 6.07) is 12.5. The first-order valence-electron chi connectivity index (χ1n) is 8.71. The Morgan fingerprint density at radius 1 is 1.14 bits per heavy atom. The minimum Gasteiger partial charge on any atom is -0.438 e. The van der Waals surface area contributed by atoms with Gasteiger partial charge in [0.05, 0.1) is 11.2 Å². The molecule has 1 aromatic heterocycles. The van der Waals surface area contributed by atoms with Gasteiger partial charge >= 0.3 is 0 Å². The van der Waals surface area contributed by atoms with Crippen LogP contribution in [0.2, 0.25) is 5.02 Å². The Bertz CT molecular complexity index is 1060. The molecule has 2 aromatic carbocycles. The molecule has 0 aliphatic carbocycles. The van der Waals surface area contributed by atoms with Gasteiger partial charge < -0.3 is 9.64 Å². The molecular formula is C21H15ClF2N2O2. The molecule has 0 unspecified atom stereocenters. The average Bonchev–Trinajstić information content (AvgIpc) is 2.71. The van der Waals surface area contributed by atoms with Gasteiger partial charge in [0.2, 0.25) is 5.88 Å². The number of amides is 1. The molecule has 0 radical (unpaired) electrons. The third-order valence-corrected chi connectivity index (χ3v) is 4.80. The molecule has 0 saturated heterocycles. The van der Waals surface area contributed by atoms with Crippen molar-refractivity contribution in [2.75, 3.05) is 11.4 Å². The normalized spacial score (nSPS) is 13.2. The van der Waals surface area contributed by atoms with E-state index in [0.717, 1.165) is 42.4 Å². The molecule has 0 bridgehead atoms. The minimum absolute atomic E-state index is 0.0165. The van der Waals surface area contributed by atoms with Crippen molar-refractivity contribution < 1.29 is 18.3 Å². The maximum atomic E-state index is 13.9. The minimum atomic E-state index is -0.655. The van der Waals surface area contributed by atoms with Crippen LogP contribution in [0.3, 0.4) is 0 Å². The second kappa shape index (κ2) is 7.56. The van der Waals surface area contributed by atoms with Gasteiger partial charge in [0.15, 0.2) is 0 Å². The number of hydrogen-bond acceptors (Lipinski definition) is 3. The second-order valence-corrected chi connectivity index (χ2v) is 6.78. The van der Waals surface area contributed by atoms with Gasteiger partial charge in [-0.15, -0.1) is 0 Å². The molecule has 28 heavy (non-hydrogen) atoms. The van der Waals surface area contributed by atoms with Crippen molar-refractivity contribution in [2.24, 2.45) is 0 Å². The quantitative estimate of drug-likeness (QED) is 0.591. The lowest BCUT2D eigenvalue weighted by atomic mass is 10.0. The standard InChI is InChI=1S/C21H15ClF2N2O2/c22-17-11-15(7-8-18(17)24)28-20-16(10-14(23)12-25-20)21(27)26-9-3-5-13-4-1-2-6-19(13)26/h1-2,4,6-8,10-12H,3,5,9H2. The van der Waals surface area contributed by atoms with E-state index in [1.54, 1.807) is 4.90 Å². The molecule has 1 amide bonds. The molecule has 3 aromatic rings. The van der Waals surface area contributed by atoms with Crippen LogP contribution >= 0.6 is 11.6 Å². The van der Waals surface area contributed by atoms with E-state index in [2.05, 4.69) is 4.98 Å². The fraction of sp³-hybridized carbons (Fsp3) is 0.143. The molecule has 0 spiro atoms. The number of aryl methyl sites for hydroxylation is 1. The lowest BCUT2D eigenvalue weighted by molar-refractivity contribution is 0.0981. The summed E-state index contributed by atoms with van der Waals surface area (Å²) < 4.78 is 32.9. The highest BCUT2D eigenvalue weighted by Crippen LogP contribution is 2.32. The number of fused-ring (bicyclic) bond motifs is 1. The molecule has 1 aliphatic heterocycles. The van der Waals surface area contributed by atoms with Gasteiger partial charge in [-0.3, -0.25) is 4.79 Å². The van der Waals surface area contributed by atoms with Gasteiger partial charge in [-0.05, 0) is 42.7 Å². The van der Waals surface area contributed by atoms with E-state index in [1.165, 1.54) is 12.1 Å². The Balaban J connectivity index is 1.71. The van der Waals surface area contributed by atoms with E-state index in [-0.39, 0.29) is 22.2 Å². The maximum absolute atomic E-state index is 13.9. The summed E-state index contributed by atoms with van der Waals surface area (Å²) in [6.07, 6.45) is 2.63. The fourth-order valence-electron chi connectivity index (χ4n) is 3.20. The Hall–Kier alpha value is -2.99. The van der Waals surface area contributed by atoms with Crippen LogP contribution in [0, 0.1) is 11.6 Å². The van der Waals surface area contributed by atoms with Crippen molar-refractivity contribution in [1.29, 1.82) is 0 Å². The zero-order valence-electron chi connectivity index (χ0n) is 14.7. The van der Waals surface area contributed by atoms with Gasteiger partial charge in [-0.2, -0.15) is 0 Å². The van der Waals surface area contributed by atoms with Crippen molar-refractivity contribution in [1.82, 2.24) is 4.98 Å². The van der Waals surface area contributed by atoms with Gasteiger partial charge in [0.25, 0.3) is 5.91 Å². The van der Waals surface area contributed by atoms with Gasteiger partial charge in [0.1, 0.15) is 22.9 Å². The molecule has 4 nitrogen and oxygen atoms in total. The van der Waals surface area contributed by atoms with Crippen LogP contribution in [0.15, 0.2) is 54.7 Å². The van der Waals surface area contributed by atoms with E-state index in [9.17, 15) is 13.6 Å². The van der Waals surface area contributed by atoms with Crippen LogP contribution in [0.1, 0.15) is 22.3 Å². The number of ether oxygens (including phenoxy) is 1. The highest BCUT2D eigenvalue weighted by Gasteiger charge is 2.27. The number of hydrogen-bond donors (Lipinski definition) is 0. The van der Waals surface area contributed by atoms with Gasteiger partial charge in [0, 0.05) is 18.3 Å². The first-order chi connectivity index (χ1) is 13.5. The number of rotatable bonds is 3. The lowest BCUT2D eigenvalue weighted by Crippen LogP contribution is -2.35. The van der Waals surface area contributed by atoms with E-state index in [4.69, 9.17) is 16.3 Å². The highest BCUT2D eigenvalue weighted by atomic mass is 35.5. The maximum Gasteiger partial charge on any atom is 0.263 e. The summed E-state index contributed by atoms with van der Waals surface area (Å²) in [5, 5.41) is -0.127. The predicted molar refractivity (Wildman–Crippen MR) is 102 cm³/mol. The molecule has 2 heterocycles. The number of halogens is 3. The average molecular weight is 401 g/mol. The molecule has 1 aliphatic rings. The van der Waals surface area contributed by atoms with E-state index in [1.807, 2.05) is 24.3 Å². The van der Waals surface area contributed by atoms with Gasteiger partial charge in [-0.1, -0.05) is 29.8 Å². The predicted octanol–water partition coefficient (Wildman–Crippen LogP) is 5.40. The van der Waals surface area contributed by atoms with Crippen molar-refractivity contribution in [3.05, 3.63) is 82.5 Å². The number of carbonyl (C=O) groups excluding carboxylic acids is 1. The van der Waals surface area contributed by atoms with E-state index in [0.29, 0.717) is 6.54 Å². The Morgan fingerprint density at radius 2 is 1.96 bits per heavy atom. The SMILES string of the molecule is O=C(c1cc(F)cnc1Oc1ccc(F)c(Cl)c1)N1CCCc2ccccc21. The largest absolute Gasteiger partial charge is 0.438 e. The van der Waals surface area contributed by atoms with Crippen LogP contribution in [0.5, 0.6) is 11.6 Å². The summed E-state index contributed by atoms with van der Waals surface area (Å²) >= 11 is 5.77. The number of para-hydroxylation sites is 1. The lowest BCUT2D eigenvalue weighted by Gasteiger charge is -2.29. The second-order valence-electron chi connectivity index (χ2n) is 6.37. The third-order valence-electron chi connectivity index (χ3n) is 4.51. The third kappa shape index (κ3) is 3.55. The van der Waals surface area contributed by atoms with Crippen molar-refractivity contribution in [2.45, 2.75) is 12.8 Å². The summed E-state index contributed by atoms with van der Waals surface area (Å²) in [5.74, 6) is -1.54. The van der Waals surface area contributed by atoms with Crippen molar-refractivity contribution in [3.8, 4) is 11.6 Å². The summed E-state index contributed by atoms with van der Waals surface area (Å²) in [7, 11) is 0. The molecular weight excluding hydrogens is 386 g/mol. The number of pyridine rings is 1. The summed E-state index contributed by atoms with van der Waals surface area (Å²) in [4.78, 5) is 18.7.